The molecule has 0 spiro atoms. The lowest BCUT2D eigenvalue weighted by molar-refractivity contribution is -0.171. The molecule has 1 aliphatic carbocycles. The monoisotopic (exact) mass is 276 g/mol. The molecule has 0 unspecified atom stereocenters. The third-order valence-corrected chi connectivity index (χ3v) is 3.30. The minimum absolute atomic E-state index is 0.187. The standard InChI is InChI=1S/C12H20O7/c13-6-8(19-7-4-2-1-3-5-7)9(14)10(15)11(16)12(17)18/h6-11,14-16H,1-5H2,(H,17,18)/t8-,9+,10+,11-/m0/s1. The fourth-order valence-corrected chi connectivity index (χ4v) is 2.14. The Labute approximate surface area is 110 Å². The summed E-state index contributed by atoms with van der Waals surface area (Å²) in [5, 5.41) is 36.8. The van der Waals surface area contributed by atoms with E-state index < -0.39 is 30.4 Å². The summed E-state index contributed by atoms with van der Waals surface area (Å²) in [4.78, 5) is 21.4. The topological polar surface area (TPSA) is 124 Å². The van der Waals surface area contributed by atoms with Gasteiger partial charge in [-0.05, 0) is 12.8 Å². The average Bonchev–Trinajstić information content (AvgIpc) is 2.43. The summed E-state index contributed by atoms with van der Waals surface area (Å²) in [7, 11) is 0. The van der Waals surface area contributed by atoms with E-state index in [-0.39, 0.29) is 6.10 Å². The maximum atomic E-state index is 10.9. The molecule has 0 aromatic rings. The van der Waals surface area contributed by atoms with Crippen molar-refractivity contribution in [1.29, 1.82) is 0 Å². The maximum absolute atomic E-state index is 10.9. The van der Waals surface area contributed by atoms with Crippen LogP contribution in [0, 0.1) is 0 Å². The second-order valence-corrected chi connectivity index (χ2v) is 4.76. The first kappa shape index (κ1) is 16.0. The van der Waals surface area contributed by atoms with Gasteiger partial charge in [-0.3, -0.25) is 0 Å². The van der Waals surface area contributed by atoms with Gasteiger partial charge in [0.1, 0.15) is 18.3 Å². The smallest absolute Gasteiger partial charge is 0.335 e. The summed E-state index contributed by atoms with van der Waals surface area (Å²) < 4.78 is 5.37. The molecule has 0 aromatic heterocycles. The number of hydrogen-bond donors (Lipinski definition) is 4. The van der Waals surface area contributed by atoms with E-state index in [2.05, 4.69) is 0 Å². The van der Waals surface area contributed by atoms with Crippen LogP contribution in [0.2, 0.25) is 0 Å². The van der Waals surface area contributed by atoms with Crippen molar-refractivity contribution in [2.75, 3.05) is 0 Å². The van der Waals surface area contributed by atoms with Crippen LogP contribution in [0.5, 0.6) is 0 Å². The van der Waals surface area contributed by atoms with Gasteiger partial charge in [-0.2, -0.15) is 0 Å². The number of aliphatic carboxylic acids is 1. The van der Waals surface area contributed by atoms with Crippen LogP contribution < -0.4 is 0 Å². The quantitative estimate of drug-likeness (QED) is 0.443. The maximum Gasteiger partial charge on any atom is 0.335 e. The van der Waals surface area contributed by atoms with Gasteiger partial charge in [-0.15, -0.1) is 0 Å². The first-order valence-electron chi connectivity index (χ1n) is 6.35. The lowest BCUT2D eigenvalue weighted by Gasteiger charge is -2.29. The van der Waals surface area contributed by atoms with E-state index in [1.807, 2.05) is 0 Å². The van der Waals surface area contributed by atoms with E-state index in [0.717, 1.165) is 32.1 Å². The van der Waals surface area contributed by atoms with Crippen molar-refractivity contribution in [3.05, 3.63) is 0 Å². The van der Waals surface area contributed by atoms with Crippen molar-refractivity contribution in [2.45, 2.75) is 62.6 Å². The van der Waals surface area contributed by atoms with E-state index in [4.69, 9.17) is 14.9 Å². The third kappa shape index (κ3) is 4.54. The number of aliphatic hydroxyl groups excluding tert-OH is 3. The molecule has 7 heteroatoms. The number of carbonyl (C=O) groups is 2. The van der Waals surface area contributed by atoms with E-state index in [0.29, 0.717) is 6.29 Å². The minimum Gasteiger partial charge on any atom is -0.479 e. The predicted octanol–water partition coefficient (Wildman–Crippen LogP) is -0.929. The lowest BCUT2D eigenvalue weighted by Crippen LogP contribution is -2.49. The number of aldehydes is 1. The van der Waals surface area contributed by atoms with Crippen molar-refractivity contribution in [2.24, 2.45) is 0 Å². The lowest BCUT2D eigenvalue weighted by atomic mass is 9.97. The Balaban J connectivity index is 2.57. The summed E-state index contributed by atoms with van der Waals surface area (Å²) in [6.45, 7) is 0. The minimum atomic E-state index is -2.16. The Morgan fingerprint density at radius 2 is 1.68 bits per heavy atom. The fraction of sp³-hybridized carbons (Fsp3) is 0.833. The van der Waals surface area contributed by atoms with Crippen molar-refractivity contribution in [3.63, 3.8) is 0 Å². The molecule has 0 amide bonds. The zero-order valence-corrected chi connectivity index (χ0v) is 10.5. The number of carbonyl (C=O) groups excluding carboxylic acids is 1. The first-order chi connectivity index (χ1) is 8.97. The summed E-state index contributed by atoms with van der Waals surface area (Å²) >= 11 is 0. The normalized spacial score (nSPS) is 23.3. The molecule has 4 atom stereocenters. The van der Waals surface area contributed by atoms with Gasteiger partial charge in [0.05, 0.1) is 6.10 Å². The molecule has 1 fully saturated rings. The van der Waals surface area contributed by atoms with Crippen molar-refractivity contribution in [3.8, 4) is 0 Å². The molecule has 0 bridgehead atoms. The van der Waals surface area contributed by atoms with E-state index >= 15 is 0 Å². The molecule has 0 heterocycles. The van der Waals surface area contributed by atoms with Gasteiger partial charge >= 0.3 is 5.97 Å². The molecular weight excluding hydrogens is 256 g/mol. The first-order valence-corrected chi connectivity index (χ1v) is 6.35. The van der Waals surface area contributed by atoms with Crippen molar-refractivity contribution < 1.29 is 34.8 Å². The summed E-state index contributed by atoms with van der Waals surface area (Å²) in [6, 6.07) is 0. The molecule has 0 saturated heterocycles. The third-order valence-electron chi connectivity index (χ3n) is 3.30. The van der Waals surface area contributed by atoms with E-state index in [1.165, 1.54) is 0 Å². The zero-order valence-electron chi connectivity index (χ0n) is 10.5. The van der Waals surface area contributed by atoms with Gasteiger partial charge in [0.15, 0.2) is 12.4 Å². The van der Waals surface area contributed by atoms with Gasteiger partial charge in [0.25, 0.3) is 0 Å². The molecule has 1 aliphatic rings. The molecule has 0 aliphatic heterocycles. The van der Waals surface area contributed by atoms with E-state index in [9.17, 15) is 19.8 Å². The second-order valence-electron chi connectivity index (χ2n) is 4.76. The van der Waals surface area contributed by atoms with Gasteiger partial charge in [-0.1, -0.05) is 19.3 Å². The molecule has 0 radical (unpaired) electrons. The largest absolute Gasteiger partial charge is 0.479 e. The Morgan fingerprint density at radius 3 is 2.16 bits per heavy atom. The highest BCUT2D eigenvalue weighted by molar-refractivity contribution is 5.73. The highest BCUT2D eigenvalue weighted by Gasteiger charge is 2.36. The number of carboxylic acids is 1. The zero-order chi connectivity index (χ0) is 14.4. The molecule has 0 aromatic carbocycles. The SMILES string of the molecule is O=C[C@H](OC1CCCCC1)[C@@H](O)[C@@H](O)[C@H](O)C(=O)O. The molecular formula is C12H20O7. The molecule has 19 heavy (non-hydrogen) atoms. The van der Waals surface area contributed by atoms with E-state index in [1.54, 1.807) is 0 Å². The molecule has 1 rings (SSSR count). The van der Waals surface area contributed by atoms with Crippen LogP contribution in [0.25, 0.3) is 0 Å². The second kappa shape index (κ2) is 7.54. The highest BCUT2D eigenvalue weighted by atomic mass is 16.5. The van der Waals surface area contributed by atoms with Crippen LogP contribution in [0.4, 0.5) is 0 Å². The van der Waals surface area contributed by atoms with Crippen LogP contribution in [-0.4, -0.2) is 63.2 Å². The van der Waals surface area contributed by atoms with Crippen LogP contribution in [0.3, 0.4) is 0 Å². The average molecular weight is 276 g/mol. The molecule has 7 nitrogen and oxygen atoms in total. The number of hydrogen-bond acceptors (Lipinski definition) is 6. The Kier molecular flexibility index (Phi) is 6.36. The van der Waals surface area contributed by atoms with Crippen molar-refractivity contribution >= 4 is 12.3 Å². The number of ether oxygens (including phenoxy) is 1. The Bertz CT molecular complexity index is 300. The molecule has 1 saturated carbocycles. The predicted molar refractivity (Wildman–Crippen MR) is 63.5 cm³/mol. The highest BCUT2D eigenvalue weighted by Crippen LogP contribution is 2.22. The van der Waals surface area contributed by atoms with Crippen LogP contribution in [-0.2, 0) is 14.3 Å². The Morgan fingerprint density at radius 1 is 1.11 bits per heavy atom. The number of aliphatic hydroxyl groups is 3. The summed E-state index contributed by atoms with van der Waals surface area (Å²) in [5.41, 5.74) is 0. The van der Waals surface area contributed by atoms with Gasteiger partial charge in [0.2, 0.25) is 0 Å². The fourth-order valence-electron chi connectivity index (χ4n) is 2.14. The molecule has 4 N–H and O–H groups in total. The van der Waals surface area contributed by atoms with Crippen LogP contribution in [0.1, 0.15) is 32.1 Å². The Hall–Kier alpha value is -1.02. The van der Waals surface area contributed by atoms with Crippen LogP contribution in [0.15, 0.2) is 0 Å². The number of rotatable bonds is 7. The van der Waals surface area contributed by atoms with Gasteiger partial charge < -0.3 is 30.0 Å². The summed E-state index contributed by atoms with van der Waals surface area (Å²) in [6.07, 6.45) is -2.58. The van der Waals surface area contributed by atoms with Gasteiger partial charge in [-0.25, -0.2) is 4.79 Å². The summed E-state index contributed by atoms with van der Waals surface area (Å²) in [5.74, 6) is -1.67. The van der Waals surface area contributed by atoms with Crippen molar-refractivity contribution in [1.82, 2.24) is 0 Å². The number of carboxylic acid groups (broad SMARTS) is 1. The molecule has 110 valence electrons. The van der Waals surface area contributed by atoms with Crippen LogP contribution >= 0.6 is 0 Å². The van der Waals surface area contributed by atoms with Gasteiger partial charge in [0, 0.05) is 0 Å².